The van der Waals surface area contributed by atoms with Crippen LogP contribution in [0.5, 0.6) is 11.5 Å². The fraction of sp³-hybridized carbons (Fsp3) is 0.588. The van der Waals surface area contributed by atoms with E-state index >= 15 is 0 Å². The molecular weight excluding hydrogens is 314 g/mol. The first-order chi connectivity index (χ1) is 11.3. The highest BCUT2D eigenvalue weighted by molar-refractivity contribution is 5.67. The number of aliphatic hydroxyl groups excluding tert-OH is 2. The van der Waals surface area contributed by atoms with Crippen LogP contribution in [0.2, 0.25) is 0 Å². The molecule has 0 spiro atoms. The minimum absolute atomic E-state index is 0.189. The first-order valence-electron chi connectivity index (χ1n) is 7.99. The van der Waals surface area contributed by atoms with Gasteiger partial charge in [0, 0.05) is 6.54 Å². The van der Waals surface area contributed by atoms with E-state index in [0.717, 1.165) is 0 Å². The van der Waals surface area contributed by atoms with Gasteiger partial charge in [0.25, 0.3) is 0 Å². The minimum Gasteiger partial charge on any atom is -0.486 e. The molecule has 134 valence electrons. The molecule has 0 radical (unpaired) electrons. The number of alkyl carbamates (subject to hydrolysis) is 1. The lowest BCUT2D eigenvalue weighted by atomic mass is 10.0. The summed E-state index contributed by atoms with van der Waals surface area (Å²) in [5, 5.41) is 22.9. The van der Waals surface area contributed by atoms with Crippen LogP contribution in [0.3, 0.4) is 0 Å². The van der Waals surface area contributed by atoms with Gasteiger partial charge in [-0.15, -0.1) is 0 Å². The van der Waals surface area contributed by atoms with Gasteiger partial charge in [0.2, 0.25) is 0 Å². The van der Waals surface area contributed by atoms with Gasteiger partial charge in [-0.2, -0.15) is 0 Å². The number of nitrogens with one attached hydrogen (secondary N) is 1. The maximum atomic E-state index is 11.5. The van der Waals surface area contributed by atoms with Crippen molar-refractivity contribution in [3.05, 3.63) is 23.8 Å². The molecule has 1 aromatic rings. The van der Waals surface area contributed by atoms with Crippen LogP contribution in [-0.4, -0.2) is 47.8 Å². The first-order valence-corrected chi connectivity index (χ1v) is 7.99. The third kappa shape index (κ3) is 5.28. The summed E-state index contributed by atoms with van der Waals surface area (Å²) in [6.07, 6.45) is -2.47. The number of carbonyl (C=O) groups is 1. The smallest absolute Gasteiger partial charge is 0.407 e. The summed E-state index contributed by atoms with van der Waals surface area (Å²) < 4.78 is 16.0. The number of hydrogen-bond donors (Lipinski definition) is 3. The van der Waals surface area contributed by atoms with Crippen molar-refractivity contribution in [1.82, 2.24) is 5.32 Å². The first kappa shape index (κ1) is 18.4. The number of amides is 1. The molecule has 1 heterocycles. The summed E-state index contributed by atoms with van der Waals surface area (Å²) in [4.78, 5) is 11.5. The number of aliphatic hydroxyl groups is 2. The molecule has 1 aliphatic rings. The molecule has 7 nitrogen and oxygen atoms in total. The Kier molecular flexibility index (Phi) is 5.90. The van der Waals surface area contributed by atoms with E-state index in [9.17, 15) is 15.0 Å². The standard InChI is InChI=1S/C17H25NO6/c1-17(2,3)24-16(21)18-7-6-12(19)15(20)11-4-5-13-14(10-11)23-9-8-22-13/h4-5,10,12,15,19-20H,6-9H2,1-3H3,(H,18,21). The Morgan fingerprint density at radius 3 is 2.58 bits per heavy atom. The van der Waals surface area contributed by atoms with E-state index in [-0.39, 0.29) is 13.0 Å². The van der Waals surface area contributed by atoms with Crippen LogP contribution < -0.4 is 14.8 Å². The summed E-state index contributed by atoms with van der Waals surface area (Å²) in [7, 11) is 0. The van der Waals surface area contributed by atoms with Gasteiger partial charge in [-0.1, -0.05) is 6.07 Å². The molecule has 1 aliphatic heterocycles. The van der Waals surface area contributed by atoms with Gasteiger partial charge in [-0.3, -0.25) is 0 Å². The van der Waals surface area contributed by atoms with E-state index in [0.29, 0.717) is 30.3 Å². The molecule has 7 heteroatoms. The molecule has 2 rings (SSSR count). The van der Waals surface area contributed by atoms with Crippen LogP contribution in [0.25, 0.3) is 0 Å². The van der Waals surface area contributed by atoms with Crippen molar-refractivity contribution in [2.75, 3.05) is 19.8 Å². The largest absolute Gasteiger partial charge is 0.486 e. The Labute approximate surface area is 141 Å². The van der Waals surface area contributed by atoms with Crippen LogP contribution in [0, 0.1) is 0 Å². The van der Waals surface area contributed by atoms with Crippen molar-refractivity contribution in [2.24, 2.45) is 0 Å². The number of benzene rings is 1. The summed E-state index contributed by atoms with van der Waals surface area (Å²) >= 11 is 0. The van der Waals surface area contributed by atoms with Crippen LogP contribution >= 0.6 is 0 Å². The van der Waals surface area contributed by atoms with E-state index in [2.05, 4.69) is 5.32 Å². The molecular formula is C17H25NO6. The molecule has 0 fully saturated rings. The fourth-order valence-corrected chi connectivity index (χ4v) is 2.26. The molecule has 2 atom stereocenters. The van der Waals surface area contributed by atoms with E-state index in [1.165, 1.54) is 0 Å². The summed E-state index contributed by atoms with van der Waals surface area (Å²) in [6, 6.07) is 5.05. The lowest BCUT2D eigenvalue weighted by molar-refractivity contribution is 0.0120. The predicted molar refractivity (Wildman–Crippen MR) is 87.3 cm³/mol. The number of hydrogen-bond acceptors (Lipinski definition) is 6. The second kappa shape index (κ2) is 7.72. The lowest BCUT2D eigenvalue weighted by Gasteiger charge is -2.23. The average molecular weight is 339 g/mol. The fourth-order valence-electron chi connectivity index (χ4n) is 2.26. The maximum Gasteiger partial charge on any atom is 0.407 e. The average Bonchev–Trinajstić information content (AvgIpc) is 2.51. The van der Waals surface area contributed by atoms with E-state index in [1.807, 2.05) is 0 Å². The molecule has 0 saturated heterocycles. The van der Waals surface area contributed by atoms with Gasteiger partial charge in [0.1, 0.15) is 24.9 Å². The highest BCUT2D eigenvalue weighted by Gasteiger charge is 2.22. The highest BCUT2D eigenvalue weighted by atomic mass is 16.6. The Morgan fingerprint density at radius 1 is 1.25 bits per heavy atom. The molecule has 1 aromatic carbocycles. The van der Waals surface area contributed by atoms with Crippen LogP contribution in [0.4, 0.5) is 4.79 Å². The maximum absolute atomic E-state index is 11.5. The highest BCUT2D eigenvalue weighted by Crippen LogP contribution is 2.33. The molecule has 24 heavy (non-hydrogen) atoms. The summed E-state index contributed by atoms with van der Waals surface area (Å²) in [6.45, 7) is 6.45. The Balaban J connectivity index is 1.84. The third-order valence-corrected chi connectivity index (χ3v) is 3.38. The second-order valence-electron chi connectivity index (χ2n) is 6.63. The Hall–Kier alpha value is -1.99. The van der Waals surface area contributed by atoms with Crippen molar-refractivity contribution in [3.63, 3.8) is 0 Å². The Morgan fingerprint density at radius 2 is 1.92 bits per heavy atom. The zero-order valence-electron chi connectivity index (χ0n) is 14.2. The van der Waals surface area contributed by atoms with Crippen LogP contribution in [0.15, 0.2) is 18.2 Å². The topological polar surface area (TPSA) is 97.3 Å². The number of carbonyl (C=O) groups excluding carboxylic acids is 1. The van der Waals surface area contributed by atoms with E-state index < -0.39 is 23.9 Å². The molecule has 0 bridgehead atoms. The third-order valence-electron chi connectivity index (χ3n) is 3.38. The minimum atomic E-state index is -1.08. The predicted octanol–water partition coefficient (Wildman–Crippen LogP) is 1.77. The van der Waals surface area contributed by atoms with E-state index in [4.69, 9.17) is 14.2 Å². The summed E-state index contributed by atoms with van der Waals surface area (Å²) in [5.41, 5.74) is -0.0445. The number of fused-ring (bicyclic) bond motifs is 1. The number of ether oxygens (including phenoxy) is 3. The van der Waals surface area contributed by atoms with Crippen molar-refractivity contribution < 1.29 is 29.2 Å². The van der Waals surface area contributed by atoms with Crippen LogP contribution in [0.1, 0.15) is 38.9 Å². The van der Waals surface area contributed by atoms with Gasteiger partial charge in [0.15, 0.2) is 11.5 Å². The van der Waals surface area contributed by atoms with Gasteiger partial charge >= 0.3 is 6.09 Å². The van der Waals surface area contributed by atoms with Gasteiger partial charge in [0.05, 0.1) is 6.10 Å². The normalized spacial score (nSPS) is 16.2. The van der Waals surface area contributed by atoms with Crippen molar-refractivity contribution in [2.45, 2.75) is 45.0 Å². The van der Waals surface area contributed by atoms with Crippen molar-refractivity contribution in [1.29, 1.82) is 0 Å². The van der Waals surface area contributed by atoms with E-state index in [1.54, 1.807) is 39.0 Å². The monoisotopic (exact) mass is 339 g/mol. The molecule has 0 saturated carbocycles. The quantitative estimate of drug-likeness (QED) is 0.756. The van der Waals surface area contributed by atoms with Crippen molar-refractivity contribution >= 4 is 6.09 Å². The molecule has 0 aromatic heterocycles. The molecule has 1 amide bonds. The molecule has 2 unspecified atom stereocenters. The van der Waals surface area contributed by atoms with Crippen LogP contribution in [-0.2, 0) is 4.74 Å². The SMILES string of the molecule is CC(C)(C)OC(=O)NCCC(O)C(O)c1ccc2c(c1)OCCO2. The van der Waals surface area contributed by atoms with Gasteiger partial charge in [-0.05, 0) is 44.9 Å². The van der Waals surface area contributed by atoms with Crippen molar-refractivity contribution in [3.8, 4) is 11.5 Å². The zero-order valence-corrected chi connectivity index (χ0v) is 14.2. The lowest BCUT2D eigenvalue weighted by Crippen LogP contribution is -2.34. The second-order valence-corrected chi connectivity index (χ2v) is 6.63. The summed E-state index contributed by atoms with van der Waals surface area (Å²) in [5.74, 6) is 1.18. The molecule has 0 aliphatic carbocycles. The zero-order chi connectivity index (χ0) is 17.7. The molecule has 3 N–H and O–H groups in total. The van der Waals surface area contributed by atoms with Gasteiger partial charge < -0.3 is 29.7 Å². The van der Waals surface area contributed by atoms with Gasteiger partial charge in [-0.25, -0.2) is 4.79 Å². The number of rotatable bonds is 5. The Bertz CT molecular complexity index is 569.